The second kappa shape index (κ2) is 13.0. The Morgan fingerprint density at radius 2 is 1.90 bits per heavy atom. The summed E-state index contributed by atoms with van der Waals surface area (Å²) in [5, 5.41) is 10.8. The minimum Gasteiger partial charge on any atom is -0.364 e. The van der Waals surface area contributed by atoms with Gasteiger partial charge in [-0.15, -0.1) is 0 Å². The summed E-state index contributed by atoms with van der Waals surface area (Å²) in [4.78, 5) is 5.04. The number of aliphatic imine (C=N–C) groups is 1. The number of thiocarbonyl (C=S) groups is 2. The molecule has 0 amide bonds. The zero-order chi connectivity index (χ0) is 21.8. The topological polar surface area (TPSA) is 60.8 Å². The number of nitrogens with one attached hydrogen (secondary N) is 3. The van der Waals surface area contributed by atoms with E-state index in [0.717, 1.165) is 17.8 Å². The van der Waals surface area contributed by atoms with Gasteiger partial charge in [-0.1, -0.05) is 55.1 Å². The molecule has 1 atom stereocenters. The molecule has 0 radical (unpaired) electrons. The Labute approximate surface area is 185 Å². The summed E-state index contributed by atoms with van der Waals surface area (Å²) >= 11 is 10.5. The largest absolute Gasteiger partial charge is 0.364 e. The number of hydrazone groups is 1. The number of rotatable bonds is 8. The third kappa shape index (κ3) is 9.11. The first-order chi connectivity index (χ1) is 13.8. The van der Waals surface area contributed by atoms with E-state index >= 15 is 0 Å². The highest BCUT2D eigenvalue weighted by atomic mass is 32.1. The van der Waals surface area contributed by atoms with Crippen molar-refractivity contribution < 1.29 is 0 Å². The zero-order valence-corrected chi connectivity index (χ0v) is 19.7. The van der Waals surface area contributed by atoms with Gasteiger partial charge < -0.3 is 10.6 Å². The lowest BCUT2D eigenvalue weighted by Gasteiger charge is -2.11. The van der Waals surface area contributed by atoms with Crippen molar-refractivity contribution in [1.29, 1.82) is 0 Å². The van der Waals surface area contributed by atoms with Crippen molar-refractivity contribution in [3.05, 3.63) is 52.7 Å². The Morgan fingerprint density at radius 3 is 2.52 bits per heavy atom. The summed E-state index contributed by atoms with van der Waals surface area (Å²) < 4.78 is 0. The first-order valence-electron chi connectivity index (χ1n) is 9.58. The minimum atomic E-state index is -0.121. The molecule has 1 rings (SSSR count). The third-order valence-corrected chi connectivity index (χ3v) is 4.95. The molecule has 0 aliphatic heterocycles. The van der Waals surface area contributed by atoms with Crippen LogP contribution in [0.1, 0.15) is 45.2 Å². The van der Waals surface area contributed by atoms with Crippen LogP contribution in [0, 0.1) is 6.92 Å². The van der Waals surface area contributed by atoms with E-state index in [4.69, 9.17) is 24.4 Å². The van der Waals surface area contributed by atoms with E-state index in [1.54, 1.807) is 13.3 Å². The molecule has 0 bridgehead atoms. The van der Waals surface area contributed by atoms with Crippen molar-refractivity contribution in [3.63, 3.8) is 0 Å². The standard InChI is InChI=1S/C22H31N5S2/c1-7-15(2)20(13-12-19-11-9-8-10-16(19)3)25-21(28)14-24-17(4)18(5)26-27-22(29)23-6/h8-14,17H,7H2,1-6H3,(H,25,28)(H2,23,27,29)/b13-12-,20-15?,24-14?,26-18-. The van der Waals surface area contributed by atoms with Gasteiger partial charge in [0.05, 0.1) is 18.0 Å². The van der Waals surface area contributed by atoms with Gasteiger partial charge in [0.1, 0.15) is 4.99 Å². The lowest BCUT2D eigenvalue weighted by atomic mass is 10.1. The van der Waals surface area contributed by atoms with Crippen LogP contribution in [-0.2, 0) is 0 Å². The van der Waals surface area contributed by atoms with E-state index in [1.165, 1.54) is 16.7 Å². The van der Waals surface area contributed by atoms with Crippen molar-refractivity contribution in [1.82, 2.24) is 16.1 Å². The molecule has 0 aliphatic carbocycles. The molecule has 1 aromatic carbocycles. The molecule has 0 aliphatic rings. The minimum absolute atomic E-state index is 0.121. The number of nitrogens with zero attached hydrogens (tertiary/aromatic N) is 2. The smallest absolute Gasteiger partial charge is 0.186 e. The predicted molar refractivity (Wildman–Crippen MR) is 135 cm³/mol. The maximum atomic E-state index is 5.47. The Bertz CT molecular complexity index is 837. The molecule has 29 heavy (non-hydrogen) atoms. The highest BCUT2D eigenvalue weighted by molar-refractivity contribution is 7.81. The monoisotopic (exact) mass is 429 g/mol. The summed E-state index contributed by atoms with van der Waals surface area (Å²) in [7, 11) is 1.74. The van der Waals surface area contributed by atoms with E-state index in [2.05, 4.69) is 71.2 Å². The summed E-state index contributed by atoms with van der Waals surface area (Å²) in [6.07, 6.45) is 6.77. The van der Waals surface area contributed by atoms with Crippen LogP contribution in [-0.4, -0.2) is 35.1 Å². The van der Waals surface area contributed by atoms with Crippen molar-refractivity contribution in [2.45, 2.75) is 47.1 Å². The van der Waals surface area contributed by atoms with Crippen LogP contribution in [0.5, 0.6) is 0 Å². The normalized spacial score (nSPS) is 13.9. The highest BCUT2D eigenvalue weighted by Crippen LogP contribution is 2.13. The molecule has 7 heteroatoms. The van der Waals surface area contributed by atoms with Crippen LogP contribution in [0.4, 0.5) is 0 Å². The molecule has 1 unspecified atom stereocenters. The van der Waals surface area contributed by atoms with Crippen molar-refractivity contribution in [2.24, 2.45) is 10.1 Å². The number of benzene rings is 1. The first kappa shape index (κ1) is 24.7. The molecule has 0 spiro atoms. The Kier molecular flexibility index (Phi) is 11.0. The van der Waals surface area contributed by atoms with Gasteiger partial charge in [-0.2, -0.15) is 5.10 Å². The molecule has 3 N–H and O–H groups in total. The molecule has 0 aromatic heterocycles. The molecule has 1 aromatic rings. The second-order valence-corrected chi connectivity index (χ2v) is 7.47. The Morgan fingerprint density at radius 1 is 1.21 bits per heavy atom. The van der Waals surface area contributed by atoms with Crippen molar-refractivity contribution >= 4 is 52.5 Å². The molecule has 0 saturated heterocycles. The predicted octanol–water partition coefficient (Wildman–Crippen LogP) is 4.54. The maximum absolute atomic E-state index is 5.47. The average molecular weight is 430 g/mol. The summed E-state index contributed by atoms with van der Waals surface area (Å²) in [6, 6.07) is 8.16. The van der Waals surface area contributed by atoms with Crippen molar-refractivity contribution in [2.75, 3.05) is 7.05 Å². The fourth-order valence-corrected chi connectivity index (χ4v) is 2.39. The number of allylic oxidation sites excluding steroid dienone is 2. The Balaban J connectivity index is 2.83. The van der Waals surface area contributed by atoms with Crippen LogP contribution in [0.15, 0.2) is 51.7 Å². The fourth-order valence-electron chi connectivity index (χ4n) is 2.17. The maximum Gasteiger partial charge on any atom is 0.186 e. The molecule has 0 heterocycles. The van der Waals surface area contributed by atoms with E-state index in [1.807, 2.05) is 26.0 Å². The highest BCUT2D eigenvalue weighted by Gasteiger charge is 2.05. The summed E-state index contributed by atoms with van der Waals surface area (Å²) in [5.41, 5.74) is 8.20. The van der Waals surface area contributed by atoms with E-state index in [-0.39, 0.29) is 6.04 Å². The van der Waals surface area contributed by atoms with Crippen molar-refractivity contribution in [3.8, 4) is 0 Å². The van der Waals surface area contributed by atoms with Gasteiger partial charge in [0.15, 0.2) is 5.11 Å². The van der Waals surface area contributed by atoms with Crippen LogP contribution < -0.4 is 16.1 Å². The first-order valence-corrected chi connectivity index (χ1v) is 10.4. The van der Waals surface area contributed by atoms with Gasteiger partial charge in [-0.05, 0) is 63.5 Å². The van der Waals surface area contributed by atoms with Gasteiger partial charge in [-0.25, -0.2) is 0 Å². The average Bonchev–Trinajstić information content (AvgIpc) is 2.73. The van der Waals surface area contributed by atoms with Crippen LogP contribution >= 0.6 is 24.4 Å². The summed E-state index contributed by atoms with van der Waals surface area (Å²) in [6.45, 7) is 10.2. The van der Waals surface area contributed by atoms with E-state index in [9.17, 15) is 0 Å². The van der Waals surface area contributed by atoms with Gasteiger partial charge >= 0.3 is 0 Å². The third-order valence-electron chi connectivity index (χ3n) is 4.45. The quantitative estimate of drug-likeness (QED) is 0.245. The molecule has 0 fully saturated rings. The number of hydrogen-bond acceptors (Lipinski definition) is 4. The molecule has 5 nitrogen and oxygen atoms in total. The van der Waals surface area contributed by atoms with E-state index in [0.29, 0.717) is 10.1 Å². The van der Waals surface area contributed by atoms with Gasteiger partial charge in [0.2, 0.25) is 0 Å². The SMILES string of the molecule is CCC(C)=C(/C=C\c1ccccc1C)NC(=S)C=NC(C)/C(C)=N\NC(=S)NC. The Hall–Kier alpha value is -2.38. The van der Waals surface area contributed by atoms with E-state index < -0.39 is 0 Å². The lowest BCUT2D eigenvalue weighted by Crippen LogP contribution is -2.30. The second-order valence-electron chi connectivity index (χ2n) is 6.62. The molecule has 156 valence electrons. The van der Waals surface area contributed by atoms with Crippen LogP contribution in [0.3, 0.4) is 0 Å². The molecule has 0 saturated carbocycles. The fraction of sp³-hybridized carbons (Fsp3) is 0.364. The van der Waals surface area contributed by atoms with Gasteiger partial charge in [0, 0.05) is 12.7 Å². The lowest BCUT2D eigenvalue weighted by molar-refractivity contribution is 0.913. The molecular formula is C22H31N5S2. The van der Waals surface area contributed by atoms with Gasteiger partial charge in [-0.3, -0.25) is 10.4 Å². The van der Waals surface area contributed by atoms with Crippen LogP contribution in [0.25, 0.3) is 6.08 Å². The molecular weight excluding hydrogens is 398 g/mol. The van der Waals surface area contributed by atoms with Gasteiger partial charge in [0.25, 0.3) is 0 Å². The zero-order valence-electron chi connectivity index (χ0n) is 18.0. The number of hydrogen-bond donors (Lipinski definition) is 3. The number of aryl methyl sites for hydroxylation is 1. The van der Waals surface area contributed by atoms with Crippen LogP contribution in [0.2, 0.25) is 0 Å². The summed E-state index contributed by atoms with van der Waals surface area (Å²) in [5.74, 6) is 0.